The topological polar surface area (TPSA) is 111 Å². The van der Waals surface area contributed by atoms with Gasteiger partial charge in [0.2, 0.25) is 0 Å². The fraction of sp³-hybridized carbons (Fsp3) is 0.333. The van der Waals surface area contributed by atoms with Gasteiger partial charge in [0.1, 0.15) is 5.69 Å². The number of hydrogen-bond acceptors (Lipinski definition) is 7. The Morgan fingerprint density at radius 1 is 1.37 bits per heavy atom. The van der Waals surface area contributed by atoms with E-state index in [0.717, 1.165) is 17.7 Å². The molecule has 2 aromatic rings. The maximum atomic E-state index is 12.1. The molecule has 27 heavy (non-hydrogen) atoms. The number of hydrogen-bond donors (Lipinski definition) is 2. The van der Waals surface area contributed by atoms with Crippen molar-refractivity contribution in [3.8, 4) is 0 Å². The molecule has 1 saturated carbocycles. The molecule has 0 saturated heterocycles. The minimum atomic E-state index is -0.782. The van der Waals surface area contributed by atoms with Crippen LogP contribution in [0.2, 0.25) is 0 Å². The van der Waals surface area contributed by atoms with Crippen LogP contribution in [0.3, 0.4) is 0 Å². The van der Waals surface area contributed by atoms with Crippen molar-refractivity contribution in [3.63, 3.8) is 0 Å². The van der Waals surface area contributed by atoms with Gasteiger partial charge in [-0.15, -0.1) is 11.3 Å². The van der Waals surface area contributed by atoms with Crippen molar-refractivity contribution >= 4 is 34.6 Å². The van der Waals surface area contributed by atoms with Crippen molar-refractivity contribution in [2.75, 3.05) is 11.9 Å². The normalized spacial score (nSPS) is 14.3. The van der Waals surface area contributed by atoms with Gasteiger partial charge in [-0.2, -0.15) is 0 Å². The Morgan fingerprint density at radius 2 is 2.15 bits per heavy atom. The number of anilines is 1. The molecule has 1 aromatic heterocycles. The lowest BCUT2D eigenvalue weighted by atomic mass is 10.1. The smallest absolute Gasteiger partial charge is 0.338 e. The van der Waals surface area contributed by atoms with Crippen molar-refractivity contribution in [1.29, 1.82) is 0 Å². The number of amides is 1. The fourth-order valence-corrected chi connectivity index (χ4v) is 3.22. The monoisotopic (exact) mass is 389 g/mol. The van der Waals surface area contributed by atoms with Gasteiger partial charge in [0.15, 0.2) is 6.61 Å². The van der Waals surface area contributed by atoms with Crippen molar-refractivity contribution in [1.82, 2.24) is 5.32 Å². The summed E-state index contributed by atoms with van der Waals surface area (Å²) in [6.45, 7) is 1.38. The van der Waals surface area contributed by atoms with E-state index in [0.29, 0.717) is 5.69 Å². The lowest BCUT2D eigenvalue weighted by molar-refractivity contribution is -0.384. The van der Waals surface area contributed by atoms with Crippen LogP contribution in [0.25, 0.3) is 0 Å². The second-order valence-corrected chi connectivity index (χ2v) is 7.27. The van der Waals surface area contributed by atoms with Gasteiger partial charge in [-0.3, -0.25) is 14.9 Å². The maximum Gasteiger partial charge on any atom is 0.338 e. The van der Waals surface area contributed by atoms with Crippen LogP contribution in [-0.2, 0) is 9.53 Å². The zero-order valence-electron chi connectivity index (χ0n) is 14.6. The molecule has 3 rings (SSSR count). The van der Waals surface area contributed by atoms with Gasteiger partial charge in [0, 0.05) is 17.0 Å². The Morgan fingerprint density at radius 3 is 2.78 bits per heavy atom. The summed E-state index contributed by atoms with van der Waals surface area (Å²) in [6.07, 6.45) is 1.94. The molecular weight excluding hydrogens is 370 g/mol. The number of benzene rings is 1. The van der Waals surface area contributed by atoms with Gasteiger partial charge < -0.3 is 15.4 Å². The third-order valence-electron chi connectivity index (χ3n) is 4.05. The van der Waals surface area contributed by atoms with E-state index in [-0.39, 0.29) is 23.3 Å². The Labute approximate surface area is 159 Å². The van der Waals surface area contributed by atoms with Gasteiger partial charge in [0.05, 0.1) is 16.5 Å². The summed E-state index contributed by atoms with van der Waals surface area (Å²) in [6, 6.07) is 7.95. The van der Waals surface area contributed by atoms with E-state index in [1.54, 1.807) is 0 Å². The van der Waals surface area contributed by atoms with Crippen molar-refractivity contribution in [2.45, 2.75) is 31.8 Å². The summed E-state index contributed by atoms with van der Waals surface area (Å²) < 4.78 is 4.99. The van der Waals surface area contributed by atoms with E-state index in [9.17, 15) is 19.7 Å². The zero-order chi connectivity index (χ0) is 19.4. The third kappa shape index (κ3) is 5.04. The lowest BCUT2D eigenvalue weighted by Gasteiger charge is -2.12. The molecule has 1 aliphatic rings. The number of carbonyl (C=O) groups excluding carboxylic acids is 2. The van der Waals surface area contributed by atoms with Crippen LogP contribution in [0.1, 0.15) is 41.0 Å². The molecule has 1 fully saturated rings. The first-order valence-corrected chi connectivity index (χ1v) is 9.37. The summed E-state index contributed by atoms with van der Waals surface area (Å²) in [5, 5.41) is 19.0. The lowest BCUT2D eigenvalue weighted by Crippen LogP contribution is -2.30. The van der Waals surface area contributed by atoms with Gasteiger partial charge >= 0.3 is 5.97 Å². The second-order valence-electron chi connectivity index (χ2n) is 6.29. The molecule has 1 aromatic carbocycles. The molecule has 2 N–H and O–H groups in total. The summed E-state index contributed by atoms with van der Waals surface area (Å²) in [5.41, 5.74) is 0.218. The van der Waals surface area contributed by atoms with E-state index in [4.69, 9.17) is 4.74 Å². The highest BCUT2D eigenvalue weighted by Gasteiger charge is 2.26. The first-order valence-electron chi connectivity index (χ1n) is 8.49. The first-order chi connectivity index (χ1) is 12.9. The molecule has 1 atom stereocenters. The van der Waals surface area contributed by atoms with Gasteiger partial charge in [-0.05, 0) is 43.3 Å². The minimum absolute atomic E-state index is 0.0298. The van der Waals surface area contributed by atoms with Crippen LogP contribution >= 0.6 is 11.3 Å². The number of nitrogens with one attached hydrogen (secondary N) is 2. The number of thiophene rings is 1. The predicted molar refractivity (Wildman–Crippen MR) is 101 cm³/mol. The number of carbonyl (C=O) groups is 2. The Bertz CT molecular complexity index is 849. The van der Waals surface area contributed by atoms with Gasteiger partial charge in [-0.25, -0.2) is 4.79 Å². The summed E-state index contributed by atoms with van der Waals surface area (Å²) >= 11 is 1.52. The number of esters is 1. The Hall–Kier alpha value is -2.94. The van der Waals surface area contributed by atoms with Gasteiger partial charge in [0.25, 0.3) is 11.6 Å². The van der Waals surface area contributed by atoms with Crippen LogP contribution in [0.15, 0.2) is 35.7 Å². The van der Waals surface area contributed by atoms with Gasteiger partial charge in [-0.1, -0.05) is 6.07 Å². The van der Waals surface area contributed by atoms with E-state index >= 15 is 0 Å². The van der Waals surface area contributed by atoms with Crippen molar-refractivity contribution in [3.05, 3.63) is 56.3 Å². The van der Waals surface area contributed by atoms with Crippen molar-refractivity contribution in [2.24, 2.45) is 0 Å². The fourth-order valence-electron chi connectivity index (χ4n) is 2.49. The molecule has 9 heteroatoms. The standard InChI is InChI=1S/C18H19N3O5S/c1-11(16-3-2-8-27-16)19-17(22)10-26-18(23)12-4-7-14(20-13-5-6-13)15(9-12)21(24)25/h2-4,7-9,11,13,20H,5-6,10H2,1H3,(H,19,22)/t11-/m1/s1. The average molecular weight is 389 g/mol. The SMILES string of the molecule is C[C@@H](NC(=O)COC(=O)c1ccc(NC2CC2)c([N+](=O)[O-])c1)c1cccs1. The van der Waals surface area contributed by atoms with E-state index < -0.39 is 23.4 Å². The number of rotatable bonds is 8. The van der Waals surface area contributed by atoms with E-state index in [2.05, 4.69) is 10.6 Å². The summed E-state index contributed by atoms with van der Waals surface area (Å²) in [7, 11) is 0. The quantitative estimate of drug-likeness (QED) is 0.407. The molecule has 142 valence electrons. The van der Waals surface area contributed by atoms with Crippen LogP contribution in [-0.4, -0.2) is 29.4 Å². The molecule has 1 heterocycles. The Balaban J connectivity index is 1.57. The minimum Gasteiger partial charge on any atom is -0.452 e. The Kier molecular flexibility index (Phi) is 5.70. The van der Waals surface area contributed by atoms with Crippen LogP contribution < -0.4 is 10.6 Å². The van der Waals surface area contributed by atoms with E-state index in [1.165, 1.54) is 29.5 Å². The van der Waals surface area contributed by atoms with Crippen LogP contribution in [0.4, 0.5) is 11.4 Å². The highest BCUT2D eigenvalue weighted by atomic mass is 32.1. The number of nitro groups is 1. The van der Waals surface area contributed by atoms with Crippen LogP contribution in [0.5, 0.6) is 0 Å². The molecule has 8 nitrogen and oxygen atoms in total. The number of nitro benzene ring substituents is 1. The number of ether oxygens (including phenoxy) is 1. The molecule has 0 bridgehead atoms. The predicted octanol–water partition coefficient (Wildman–Crippen LogP) is 3.26. The zero-order valence-corrected chi connectivity index (χ0v) is 15.5. The molecule has 0 spiro atoms. The largest absolute Gasteiger partial charge is 0.452 e. The highest BCUT2D eigenvalue weighted by molar-refractivity contribution is 7.10. The molecular formula is C18H19N3O5S. The van der Waals surface area contributed by atoms with E-state index in [1.807, 2.05) is 24.4 Å². The van der Waals surface area contributed by atoms with Crippen molar-refractivity contribution < 1.29 is 19.2 Å². The average Bonchev–Trinajstić information content (AvgIpc) is 3.28. The molecule has 0 radical (unpaired) electrons. The first kappa shape index (κ1) is 18.8. The van der Waals surface area contributed by atoms with Crippen LogP contribution in [0, 0.1) is 10.1 Å². The second kappa shape index (κ2) is 8.17. The summed E-state index contributed by atoms with van der Waals surface area (Å²) in [5.74, 6) is -1.22. The molecule has 1 amide bonds. The molecule has 0 unspecified atom stereocenters. The molecule has 0 aliphatic heterocycles. The third-order valence-corrected chi connectivity index (χ3v) is 5.10. The molecule has 1 aliphatic carbocycles. The highest BCUT2D eigenvalue weighted by Crippen LogP contribution is 2.31. The number of nitrogens with zero attached hydrogens (tertiary/aromatic N) is 1. The summed E-state index contributed by atoms with van der Waals surface area (Å²) in [4.78, 5) is 35.8. The maximum absolute atomic E-state index is 12.1.